The van der Waals surface area contributed by atoms with Crippen LogP contribution in [0.15, 0.2) is 35.5 Å². The third-order valence-corrected chi connectivity index (χ3v) is 4.22. The maximum atomic E-state index is 5.51. The summed E-state index contributed by atoms with van der Waals surface area (Å²) in [5, 5.41) is 4.34. The molecule has 2 heterocycles. The summed E-state index contributed by atoms with van der Waals surface area (Å²) in [6.45, 7) is 1.29. The maximum absolute atomic E-state index is 5.51. The number of rotatable bonds is 3. The van der Waals surface area contributed by atoms with Crippen molar-refractivity contribution in [1.82, 2.24) is 14.8 Å². The lowest BCUT2D eigenvalue weighted by atomic mass is 10.0. The summed E-state index contributed by atoms with van der Waals surface area (Å²) in [7, 11) is 0. The van der Waals surface area contributed by atoms with E-state index >= 15 is 0 Å². The van der Waals surface area contributed by atoms with Crippen molar-refractivity contribution in [2.24, 2.45) is 5.73 Å². The van der Waals surface area contributed by atoms with Crippen LogP contribution in [0.3, 0.4) is 0 Å². The number of aromatic nitrogens is 3. The van der Waals surface area contributed by atoms with Crippen molar-refractivity contribution < 1.29 is 0 Å². The van der Waals surface area contributed by atoms with Gasteiger partial charge in [0.15, 0.2) is 5.82 Å². The highest BCUT2D eigenvalue weighted by molar-refractivity contribution is 7.99. The van der Waals surface area contributed by atoms with Gasteiger partial charge in [0.1, 0.15) is 6.33 Å². The van der Waals surface area contributed by atoms with E-state index in [0.29, 0.717) is 18.3 Å². The zero-order valence-electron chi connectivity index (χ0n) is 9.41. The van der Waals surface area contributed by atoms with E-state index in [0.717, 1.165) is 12.3 Å². The first-order valence-electron chi connectivity index (χ1n) is 5.67. The van der Waals surface area contributed by atoms with E-state index in [9.17, 15) is 0 Å². The van der Waals surface area contributed by atoms with Gasteiger partial charge in [-0.3, -0.25) is 4.68 Å². The quantitative estimate of drug-likeness (QED) is 0.894. The summed E-state index contributed by atoms with van der Waals surface area (Å²) < 4.78 is 1.90. The molecule has 1 aliphatic heterocycles. The van der Waals surface area contributed by atoms with E-state index in [1.165, 1.54) is 10.5 Å². The fourth-order valence-electron chi connectivity index (χ4n) is 2.12. The van der Waals surface area contributed by atoms with E-state index in [-0.39, 0.29) is 0 Å². The molecule has 0 radical (unpaired) electrons. The normalized spacial score (nSPS) is 18.3. The first-order valence-corrected chi connectivity index (χ1v) is 6.65. The van der Waals surface area contributed by atoms with E-state index in [4.69, 9.17) is 5.73 Å². The lowest BCUT2D eigenvalue weighted by molar-refractivity contribution is 0.543. The molecular formula is C12H14N4S. The van der Waals surface area contributed by atoms with Gasteiger partial charge in [-0.15, -0.1) is 11.8 Å². The molecule has 3 rings (SSSR count). The first kappa shape index (κ1) is 10.8. The molecule has 0 bridgehead atoms. The minimum absolute atomic E-state index is 0.406. The van der Waals surface area contributed by atoms with E-state index in [1.54, 1.807) is 6.33 Å². The topological polar surface area (TPSA) is 56.7 Å². The van der Waals surface area contributed by atoms with Crippen LogP contribution in [0.4, 0.5) is 0 Å². The molecular weight excluding hydrogens is 232 g/mol. The predicted octanol–water partition coefficient (Wildman–Crippen LogP) is 1.63. The smallest absolute Gasteiger partial charge is 0.164 e. The Morgan fingerprint density at radius 2 is 2.29 bits per heavy atom. The van der Waals surface area contributed by atoms with Gasteiger partial charge in [-0.25, -0.2) is 4.98 Å². The second-order valence-electron chi connectivity index (χ2n) is 4.13. The summed E-state index contributed by atoms with van der Waals surface area (Å²) in [6, 6.07) is 8.59. The molecule has 17 heavy (non-hydrogen) atoms. The Bertz CT molecular complexity index is 523. The molecule has 1 aliphatic rings. The van der Waals surface area contributed by atoms with Crippen LogP contribution in [-0.4, -0.2) is 20.5 Å². The van der Waals surface area contributed by atoms with Crippen molar-refractivity contribution in [3.63, 3.8) is 0 Å². The summed E-state index contributed by atoms with van der Waals surface area (Å²) in [6.07, 6.45) is 1.77. The van der Waals surface area contributed by atoms with Gasteiger partial charge in [0.2, 0.25) is 0 Å². The summed E-state index contributed by atoms with van der Waals surface area (Å²) in [5.74, 6) is 2.37. The van der Waals surface area contributed by atoms with Crippen LogP contribution in [0.5, 0.6) is 0 Å². The van der Waals surface area contributed by atoms with Crippen LogP contribution in [0.25, 0.3) is 0 Å². The number of hydrogen-bond donors (Lipinski definition) is 1. The second kappa shape index (κ2) is 4.50. The molecule has 1 aromatic heterocycles. The highest BCUT2D eigenvalue weighted by Gasteiger charge is 2.23. The fourth-order valence-corrected chi connectivity index (χ4v) is 3.36. The maximum Gasteiger partial charge on any atom is 0.164 e. The van der Waals surface area contributed by atoms with Gasteiger partial charge >= 0.3 is 0 Å². The molecule has 0 fully saturated rings. The zero-order valence-corrected chi connectivity index (χ0v) is 10.2. The summed E-state index contributed by atoms with van der Waals surface area (Å²) >= 11 is 1.92. The van der Waals surface area contributed by atoms with Crippen molar-refractivity contribution in [2.75, 3.05) is 5.75 Å². The zero-order chi connectivity index (χ0) is 11.7. The van der Waals surface area contributed by atoms with E-state index < -0.39 is 0 Å². The average molecular weight is 246 g/mol. The lowest BCUT2D eigenvalue weighted by Crippen LogP contribution is -2.10. The van der Waals surface area contributed by atoms with Crippen LogP contribution in [0.2, 0.25) is 0 Å². The Morgan fingerprint density at radius 1 is 1.41 bits per heavy atom. The van der Waals surface area contributed by atoms with Crippen molar-refractivity contribution >= 4 is 11.8 Å². The van der Waals surface area contributed by atoms with Crippen LogP contribution in [0.1, 0.15) is 17.3 Å². The molecule has 5 heteroatoms. The molecule has 0 saturated carbocycles. The van der Waals surface area contributed by atoms with Gasteiger partial charge in [-0.2, -0.15) is 5.10 Å². The monoisotopic (exact) mass is 246 g/mol. The van der Waals surface area contributed by atoms with Crippen LogP contribution in [-0.2, 0) is 13.1 Å². The van der Waals surface area contributed by atoms with Gasteiger partial charge in [0.05, 0.1) is 13.1 Å². The largest absolute Gasteiger partial charge is 0.324 e. The Kier molecular flexibility index (Phi) is 2.86. The Hall–Kier alpha value is -1.33. The first-order chi connectivity index (χ1) is 8.36. The van der Waals surface area contributed by atoms with Crippen LogP contribution < -0.4 is 5.73 Å². The number of thioether (sulfide) groups is 1. The Morgan fingerprint density at radius 3 is 3.12 bits per heavy atom. The number of fused-ring (bicyclic) bond motifs is 1. The molecule has 1 aromatic carbocycles. The van der Waals surface area contributed by atoms with Crippen molar-refractivity contribution in [2.45, 2.75) is 23.9 Å². The molecule has 0 amide bonds. The standard InChI is InChI=1S/C12H14N4S/c13-5-12-14-8-16(15-12)6-9-7-17-11-4-2-1-3-10(9)11/h1-4,8-9H,5-7,13H2. The Balaban J connectivity index is 1.79. The SMILES string of the molecule is NCc1ncn(CC2CSc3ccccc32)n1. The molecule has 0 aliphatic carbocycles. The second-order valence-corrected chi connectivity index (χ2v) is 5.19. The minimum atomic E-state index is 0.406. The minimum Gasteiger partial charge on any atom is -0.324 e. The predicted molar refractivity (Wildman–Crippen MR) is 67.8 cm³/mol. The van der Waals surface area contributed by atoms with Crippen LogP contribution >= 0.6 is 11.8 Å². The van der Waals surface area contributed by atoms with Crippen molar-refractivity contribution in [3.8, 4) is 0 Å². The van der Waals surface area contributed by atoms with Gasteiger partial charge < -0.3 is 5.73 Å². The lowest BCUT2D eigenvalue weighted by Gasteiger charge is -2.09. The molecule has 1 atom stereocenters. The number of nitrogens with zero attached hydrogens (tertiary/aromatic N) is 3. The fraction of sp³-hybridized carbons (Fsp3) is 0.333. The molecule has 2 N–H and O–H groups in total. The molecule has 88 valence electrons. The highest BCUT2D eigenvalue weighted by atomic mass is 32.2. The number of hydrogen-bond acceptors (Lipinski definition) is 4. The Labute approximate surface area is 104 Å². The number of nitrogens with two attached hydrogens (primary N) is 1. The van der Waals surface area contributed by atoms with E-state index in [2.05, 4.69) is 34.3 Å². The molecule has 0 spiro atoms. The molecule has 2 aromatic rings. The molecule has 0 saturated heterocycles. The third-order valence-electron chi connectivity index (χ3n) is 2.97. The van der Waals surface area contributed by atoms with Crippen molar-refractivity contribution in [1.29, 1.82) is 0 Å². The summed E-state index contributed by atoms with van der Waals surface area (Å²) in [4.78, 5) is 5.55. The average Bonchev–Trinajstić information content (AvgIpc) is 2.97. The molecule has 4 nitrogen and oxygen atoms in total. The van der Waals surface area contributed by atoms with Gasteiger partial charge in [0, 0.05) is 16.6 Å². The van der Waals surface area contributed by atoms with E-state index in [1.807, 2.05) is 16.4 Å². The molecule has 1 unspecified atom stereocenters. The third kappa shape index (κ3) is 2.08. The number of benzene rings is 1. The van der Waals surface area contributed by atoms with Crippen LogP contribution in [0, 0.1) is 0 Å². The van der Waals surface area contributed by atoms with Crippen molar-refractivity contribution in [3.05, 3.63) is 42.0 Å². The summed E-state index contributed by atoms with van der Waals surface area (Å²) in [5.41, 5.74) is 6.94. The van der Waals surface area contributed by atoms with Gasteiger partial charge in [-0.1, -0.05) is 18.2 Å². The van der Waals surface area contributed by atoms with Gasteiger partial charge in [0.25, 0.3) is 0 Å². The van der Waals surface area contributed by atoms with Gasteiger partial charge in [-0.05, 0) is 11.6 Å². The highest BCUT2D eigenvalue weighted by Crippen LogP contribution is 2.39.